The highest BCUT2D eigenvalue weighted by atomic mass is 19.1. The summed E-state index contributed by atoms with van der Waals surface area (Å²) in [5, 5.41) is 11.6. The average molecular weight is 247 g/mol. The number of hydrogen-bond donors (Lipinski definition) is 2. The van der Waals surface area contributed by atoms with Gasteiger partial charge in [-0.05, 0) is 12.1 Å². The number of halogens is 1. The second kappa shape index (κ2) is 3.39. The van der Waals surface area contributed by atoms with E-state index >= 15 is 0 Å². The molecule has 0 atom stereocenters. The lowest BCUT2D eigenvalue weighted by Gasteiger charge is -1.95. The summed E-state index contributed by atoms with van der Waals surface area (Å²) in [6.07, 6.45) is 0. The maximum Gasteiger partial charge on any atom is 0.354 e. The smallest absolute Gasteiger partial charge is 0.354 e. The number of H-pyrrole nitrogens is 1. The predicted molar refractivity (Wildman–Crippen MR) is 60.2 cm³/mol. The van der Waals surface area contributed by atoms with Crippen molar-refractivity contribution in [3.8, 4) is 0 Å². The number of fused-ring (bicyclic) bond motifs is 3. The van der Waals surface area contributed by atoms with Gasteiger partial charge in [-0.15, -0.1) is 0 Å². The summed E-state index contributed by atoms with van der Waals surface area (Å²) in [7, 11) is 0. The van der Waals surface area contributed by atoms with Crippen molar-refractivity contribution in [1.82, 2.24) is 14.6 Å². The van der Waals surface area contributed by atoms with E-state index in [1.54, 1.807) is 6.07 Å². The van der Waals surface area contributed by atoms with Crippen molar-refractivity contribution in [3.05, 3.63) is 46.1 Å². The van der Waals surface area contributed by atoms with Crippen LogP contribution in [0.4, 0.5) is 4.39 Å². The summed E-state index contributed by atoms with van der Waals surface area (Å²) in [6, 6.07) is 5.15. The van der Waals surface area contributed by atoms with E-state index in [0.29, 0.717) is 5.52 Å². The van der Waals surface area contributed by atoms with Crippen LogP contribution in [0, 0.1) is 5.82 Å². The van der Waals surface area contributed by atoms with Gasteiger partial charge in [0.2, 0.25) is 0 Å². The molecule has 0 bridgehead atoms. The first-order valence-corrected chi connectivity index (χ1v) is 5.01. The molecule has 0 spiro atoms. The van der Waals surface area contributed by atoms with Crippen LogP contribution in [0.2, 0.25) is 0 Å². The zero-order chi connectivity index (χ0) is 12.9. The topological polar surface area (TPSA) is 87.5 Å². The van der Waals surface area contributed by atoms with Gasteiger partial charge in [0.05, 0.1) is 10.9 Å². The zero-order valence-electron chi connectivity index (χ0n) is 8.85. The number of carbonyl (C=O) groups is 1. The lowest BCUT2D eigenvalue weighted by atomic mass is 10.2. The van der Waals surface area contributed by atoms with E-state index in [1.807, 2.05) is 0 Å². The first kappa shape index (κ1) is 10.5. The number of hydrogen-bond acceptors (Lipinski definition) is 3. The van der Waals surface area contributed by atoms with Crippen molar-refractivity contribution in [1.29, 1.82) is 0 Å². The van der Waals surface area contributed by atoms with E-state index < -0.39 is 23.0 Å². The molecule has 2 heterocycles. The average Bonchev–Trinajstić information content (AvgIpc) is 2.69. The third-order valence-electron chi connectivity index (χ3n) is 2.61. The third kappa shape index (κ3) is 1.30. The van der Waals surface area contributed by atoms with Crippen LogP contribution in [0.25, 0.3) is 16.6 Å². The first-order valence-electron chi connectivity index (χ1n) is 5.01. The summed E-state index contributed by atoms with van der Waals surface area (Å²) in [5.41, 5.74) is -0.674. The summed E-state index contributed by atoms with van der Waals surface area (Å²) < 4.78 is 14.7. The molecule has 0 fully saturated rings. The van der Waals surface area contributed by atoms with Crippen LogP contribution in [-0.2, 0) is 0 Å². The lowest BCUT2D eigenvalue weighted by molar-refractivity contribution is 0.0690. The van der Waals surface area contributed by atoms with Gasteiger partial charge >= 0.3 is 5.97 Å². The fraction of sp³-hybridized carbons (Fsp3) is 0. The fourth-order valence-electron chi connectivity index (χ4n) is 1.83. The Morgan fingerprint density at radius 1 is 1.44 bits per heavy atom. The normalized spacial score (nSPS) is 11.2. The number of carboxylic acids is 1. The highest BCUT2D eigenvalue weighted by Gasteiger charge is 2.15. The maximum absolute atomic E-state index is 13.7. The molecular formula is C11H6FN3O3. The van der Waals surface area contributed by atoms with E-state index in [9.17, 15) is 14.0 Å². The van der Waals surface area contributed by atoms with Gasteiger partial charge in [0.25, 0.3) is 5.56 Å². The van der Waals surface area contributed by atoms with E-state index in [4.69, 9.17) is 5.11 Å². The number of carboxylic acid groups (broad SMARTS) is 1. The number of nitrogens with zero attached hydrogens (tertiary/aromatic N) is 2. The Morgan fingerprint density at radius 2 is 2.22 bits per heavy atom. The van der Waals surface area contributed by atoms with Gasteiger partial charge in [-0.2, -0.15) is 0 Å². The van der Waals surface area contributed by atoms with Gasteiger partial charge in [0, 0.05) is 6.07 Å². The van der Waals surface area contributed by atoms with Gasteiger partial charge in [0.15, 0.2) is 11.3 Å². The number of aromatic nitrogens is 3. The van der Waals surface area contributed by atoms with Gasteiger partial charge < -0.3 is 5.11 Å². The van der Waals surface area contributed by atoms with Crippen LogP contribution in [0.1, 0.15) is 10.5 Å². The molecule has 7 heteroatoms. The monoisotopic (exact) mass is 247 g/mol. The minimum Gasteiger partial charge on any atom is -0.477 e. The van der Waals surface area contributed by atoms with Gasteiger partial charge in [-0.1, -0.05) is 6.07 Å². The largest absolute Gasteiger partial charge is 0.477 e. The Hall–Kier alpha value is -2.70. The third-order valence-corrected chi connectivity index (χ3v) is 2.61. The van der Waals surface area contributed by atoms with E-state index in [-0.39, 0.29) is 11.0 Å². The second-order valence-corrected chi connectivity index (χ2v) is 3.72. The van der Waals surface area contributed by atoms with Crippen LogP contribution in [-0.4, -0.2) is 25.7 Å². The maximum atomic E-state index is 13.7. The quantitative estimate of drug-likeness (QED) is 0.671. The summed E-state index contributed by atoms with van der Waals surface area (Å²) >= 11 is 0. The van der Waals surface area contributed by atoms with Crippen LogP contribution in [0.3, 0.4) is 0 Å². The highest BCUT2D eigenvalue weighted by molar-refractivity contribution is 5.94. The molecule has 0 radical (unpaired) electrons. The minimum absolute atomic E-state index is 0.0343. The molecular weight excluding hydrogens is 241 g/mol. The van der Waals surface area contributed by atoms with E-state index in [0.717, 1.165) is 10.6 Å². The molecule has 3 aromatic rings. The number of rotatable bonds is 1. The molecule has 6 nitrogen and oxygen atoms in total. The molecule has 90 valence electrons. The first-order chi connectivity index (χ1) is 8.58. The fourth-order valence-corrected chi connectivity index (χ4v) is 1.83. The Bertz CT molecular complexity index is 850. The van der Waals surface area contributed by atoms with Crippen LogP contribution >= 0.6 is 0 Å². The van der Waals surface area contributed by atoms with Crippen molar-refractivity contribution in [2.24, 2.45) is 0 Å². The highest BCUT2D eigenvalue weighted by Crippen LogP contribution is 2.20. The molecule has 0 aliphatic heterocycles. The van der Waals surface area contributed by atoms with Crippen molar-refractivity contribution < 1.29 is 14.3 Å². The molecule has 0 unspecified atom stereocenters. The second-order valence-electron chi connectivity index (χ2n) is 3.72. The Morgan fingerprint density at radius 3 is 2.94 bits per heavy atom. The molecule has 0 aliphatic rings. The van der Waals surface area contributed by atoms with Gasteiger partial charge in [-0.3, -0.25) is 9.89 Å². The lowest BCUT2D eigenvalue weighted by Crippen LogP contribution is -2.17. The molecule has 0 saturated carbocycles. The zero-order valence-corrected chi connectivity index (χ0v) is 8.85. The van der Waals surface area contributed by atoms with Crippen LogP contribution in [0.5, 0.6) is 0 Å². The molecule has 0 amide bonds. The van der Waals surface area contributed by atoms with Gasteiger partial charge in [-0.25, -0.2) is 18.7 Å². The number of aromatic carboxylic acids is 1. The number of benzene rings is 1. The minimum atomic E-state index is -1.33. The Kier molecular flexibility index (Phi) is 1.97. The van der Waals surface area contributed by atoms with Gasteiger partial charge in [0.1, 0.15) is 5.82 Å². The number of nitrogens with one attached hydrogen (secondary N) is 1. The van der Waals surface area contributed by atoms with Crippen molar-refractivity contribution in [2.45, 2.75) is 0 Å². The SMILES string of the molecule is O=C(O)c1cc(=O)n2[nH]c3cccc(F)c3c2n1. The Labute approximate surface area is 98.3 Å². The van der Waals surface area contributed by atoms with Crippen LogP contribution < -0.4 is 5.56 Å². The summed E-state index contributed by atoms with van der Waals surface area (Å²) in [5.74, 6) is -1.90. The summed E-state index contributed by atoms with van der Waals surface area (Å²) in [4.78, 5) is 26.3. The Balaban J connectivity index is 2.58. The molecule has 1 aromatic carbocycles. The molecule has 0 aliphatic carbocycles. The molecule has 18 heavy (non-hydrogen) atoms. The molecule has 3 rings (SSSR count). The molecule has 2 aromatic heterocycles. The van der Waals surface area contributed by atoms with E-state index in [2.05, 4.69) is 10.1 Å². The summed E-state index contributed by atoms with van der Waals surface area (Å²) in [6.45, 7) is 0. The molecule has 0 saturated heterocycles. The van der Waals surface area contributed by atoms with Crippen molar-refractivity contribution in [2.75, 3.05) is 0 Å². The van der Waals surface area contributed by atoms with E-state index in [1.165, 1.54) is 12.1 Å². The molecule has 2 N–H and O–H groups in total. The van der Waals surface area contributed by atoms with Crippen molar-refractivity contribution >= 4 is 22.5 Å². The predicted octanol–water partition coefficient (Wildman–Crippen LogP) is 1.01. The number of aromatic amines is 1. The van der Waals surface area contributed by atoms with Crippen molar-refractivity contribution in [3.63, 3.8) is 0 Å². The van der Waals surface area contributed by atoms with Crippen LogP contribution in [0.15, 0.2) is 29.1 Å². The standard InChI is InChI=1S/C11H6FN3O3/c12-5-2-1-3-6-9(5)10-13-7(11(17)18)4-8(16)15(10)14-6/h1-4,14H,(H,17,18).